The Morgan fingerprint density at radius 3 is 2.74 bits per heavy atom. The van der Waals surface area contributed by atoms with Gasteiger partial charge in [-0.3, -0.25) is 9.78 Å². The van der Waals surface area contributed by atoms with E-state index >= 15 is 0 Å². The maximum Gasteiger partial charge on any atom is 0.275 e. The molecule has 3 rings (SSSR count). The summed E-state index contributed by atoms with van der Waals surface area (Å²) in [5.74, 6) is 0.944. The zero-order chi connectivity index (χ0) is 16.1. The summed E-state index contributed by atoms with van der Waals surface area (Å²) in [6, 6.07) is 15.0. The number of rotatable bonds is 4. The molecule has 114 valence electrons. The molecule has 0 fully saturated rings. The minimum atomic E-state index is -0.335. The molecule has 2 aromatic carbocycles. The average molecular weight is 305 g/mol. The van der Waals surface area contributed by atoms with Gasteiger partial charge in [0.2, 0.25) is 0 Å². The number of carbonyl (C=O) groups is 1. The van der Waals surface area contributed by atoms with Crippen molar-refractivity contribution in [3.63, 3.8) is 0 Å². The van der Waals surface area contributed by atoms with Gasteiger partial charge in [-0.25, -0.2) is 4.98 Å². The summed E-state index contributed by atoms with van der Waals surface area (Å²) in [6.07, 6.45) is 4.41. The van der Waals surface area contributed by atoms with Crippen LogP contribution in [0.3, 0.4) is 0 Å². The number of para-hydroxylation sites is 2. The minimum absolute atomic E-state index is 0.248. The summed E-state index contributed by atoms with van der Waals surface area (Å²) >= 11 is 0. The van der Waals surface area contributed by atoms with Gasteiger partial charge >= 0.3 is 0 Å². The second-order valence-electron chi connectivity index (χ2n) is 4.96. The first-order valence-corrected chi connectivity index (χ1v) is 7.13. The van der Waals surface area contributed by atoms with E-state index in [1.807, 2.05) is 43.3 Å². The number of nitrogens with zero attached hydrogens (tertiary/aromatic N) is 2. The zero-order valence-electron chi connectivity index (χ0n) is 12.6. The maximum absolute atomic E-state index is 12.2. The van der Waals surface area contributed by atoms with E-state index in [1.165, 1.54) is 18.6 Å². The molecule has 1 heterocycles. The molecule has 5 nitrogen and oxygen atoms in total. The first-order valence-electron chi connectivity index (χ1n) is 7.13. The molecular formula is C18H15N3O2. The van der Waals surface area contributed by atoms with Gasteiger partial charge in [-0.05, 0) is 36.8 Å². The highest BCUT2D eigenvalue weighted by Crippen LogP contribution is 2.29. The Bertz CT molecular complexity index is 819. The fraction of sp³-hybridized carbons (Fsp3) is 0.0556. The Kier molecular flexibility index (Phi) is 4.29. The molecule has 0 spiro atoms. The molecule has 1 amide bonds. The summed E-state index contributed by atoms with van der Waals surface area (Å²) in [5, 5.41) is 2.80. The highest BCUT2D eigenvalue weighted by atomic mass is 16.5. The van der Waals surface area contributed by atoms with Crippen molar-refractivity contribution >= 4 is 11.6 Å². The van der Waals surface area contributed by atoms with Gasteiger partial charge < -0.3 is 10.1 Å². The summed E-state index contributed by atoms with van der Waals surface area (Å²) < 4.78 is 5.88. The van der Waals surface area contributed by atoms with Crippen LogP contribution < -0.4 is 10.1 Å². The third-order valence-electron chi connectivity index (χ3n) is 3.15. The smallest absolute Gasteiger partial charge is 0.275 e. The monoisotopic (exact) mass is 305 g/mol. The van der Waals surface area contributed by atoms with Crippen LogP contribution in [-0.2, 0) is 0 Å². The summed E-state index contributed by atoms with van der Waals surface area (Å²) in [5.41, 5.74) is 1.92. The first kappa shape index (κ1) is 14.7. The van der Waals surface area contributed by atoms with Gasteiger partial charge in [0.25, 0.3) is 5.91 Å². The molecule has 0 saturated carbocycles. The Morgan fingerprint density at radius 1 is 1.09 bits per heavy atom. The molecule has 5 heteroatoms. The SMILES string of the molecule is Cc1cccc(Oc2ccccc2NC(=O)c2cnccn2)c1. The maximum atomic E-state index is 12.2. The molecule has 1 aromatic heterocycles. The normalized spacial score (nSPS) is 10.1. The largest absolute Gasteiger partial charge is 0.455 e. The number of ether oxygens (including phenoxy) is 1. The lowest BCUT2D eigenvalue weighted by molar-refractivity contribution is 0.102. The van der Waals surface area contributed by atoms with Gasteiger partial charge in [-0.1, -0.05) is 24.3 Å². The number of aromatic nitrogens is 2. The fourth-order valence-corrected chi connectivity index (χ4v) is 2.07. The van der Waals surface area contributed by atoms with E-state index in [4.69, 9.17) is 4.74 Å². The van der Waals surface area contributed by atoms with Gasteiger partial charge in [-0.2, -0.15) is 0 Å². The lowest BCUT2D eigenvalue weighted by atomic mass is 10.2. The Hall–Kier alpha value is -3.21. The van der Waals surface area contributed by atoms with Crippen molar-refractivity contribution < 1.29 is 9.53 Å². The van der Waals surface area contributed by atoms with Gasteiger partial charge in [0.15, 0.2) is 5.75 Å². The van der Waals surface area contributed by atoms with E-state index < -0.39 is 0 Å². The molecule has 0 bridgehead atoms. The summed E-state index contributed by atoms with van der Waals surface area (Å²) in [6.45, 7) is 1.99. The van der Waals surface area contributed by atoms with Crippen molar-refractivity contribution in [2.24, 2.45) is 0 Å². The van der Waals surface area contributed by atoms with Crippen LogP contribution in [0, 0.1) is 6.92 Å². The number of hydrogen-bond donors (Lipinski definition) is 1. The number of amides is 1. The Labute approximate surface area is 134 Å². The summed E-state index contributed by atoms with van der Waals surface area (Å²) in [7, 11) is 0. The van der Waals surface area contributed by atoms with Gasteiger partial charge in [-0.15, -0.1) is 0 Å². The molecule has 23 heavy (non-hydrogen) atoms. The molecular weight excluding hydrogens is 290 g/mol. The van der Waals surface area contributed by atoms with Crippen LogP contribution in [0.25, 0.3) is 0 Å². The topological polar surface area (TPSA) is 64.1 Å². The van der Waals surface area contributed by atoms with Crippen molar-refractivity contribution in [2.75, 3.05) is 5.32 Å². The lowest BCUT2D eigenvalue weighted by Gasteiger charge is -2.12. The van der Waals surface area contributed by atoms with Gasteiger partial charge in [0.1, 0.15) is 11.4 Å². The fourth-order valence-electron chi connectivity index (χ4n) is 2.07. The molecule has 3 aromatic rings. The predicted molar refractivity (Wildman–Crippen MR) is 87.7 cm³/mol. The van der Waals surface area contributed by atoms with Crippen LogP contribution >= 0.6 is 0 Å². The zero-order valence-corrected chi connectivity index (χ0v) is 12.6. The Balaban J connectivity index is 1.82. The first-order chi connectivity index (χ1) is 11.2. The molecule has 0 saturated heterocycles. The molecule has 0 unspecified atom stereocenters. The van der Waals surface area contributed by atoms with Crippen LogP contribution in [-0.4, -0.2) is 15.9 Å². The highest BCUT2D eigenvalue weighted by molar-refractivity contribution is 6.03. The number of hydrogen-bond acceptors (Lipinski definition) is 4. The minimum Gasteiger partial charge on any atom is -0.455 e. The Morgan fingerprint density at radius 2 is 1.96 bits per heavy atom. The van der Waals surface area contributed by atoms with Crippen molar-refractivity contribution in [3.8, 4) is 11.5 Å². The molecule has 0 aliphatic carbocycles. The van der Waals surface area contributed by atoms with Crippen molar-refractivity contribution in [2.45, 2.75) is 6.92 Å². The number of benzene rings is 2. The number of aryl methyl sites for hydroxylation is 1. The van der Waals surface area contributed by atoms with Crippen LogP contribution in [0.1, 0.15) is 16.1 Å². The van der Waals surface area contributed by atoms with Crippen molar-refractivity contribution in [1.29, 1.82) is 0 Å². The highest BCUT2D eigenvalue weighted by Gasteiger charge is 2.11. The van der Waals surface area contributed by atoms with Crippen LogP contribution in [0.2, 0.25) is 0 Å². The van der Waals surface area contributed by atoms with E-state index in [0.717, 1.165) is 5.56 Å². The predicted octanol–water partition coefficient (Wildman–Crippen LogP) is 3.83. The van der Waals surface area contributed by atoms with Crippen molar-refractivity contribution in [1.82, 2.24) is 9.97 Å². The van der Waals surface area contributed by atoms with E-state index in [9.17, 15) is 4.79 Å². The number of nitrogens with one attached hydrogen (secondary N) is 1. The third kappa shape index (κ3) is 3.71. The van der Waals surface area contributed by atoms with E-state index in [-0.39, 0.29) is 11.6 Å². The summed E-state index contributed by atoms with van der Waals surface area (Å²) in [4.78, 5) is 20.1. The van der Waals surface area contributed by atoms with Crippen LogP contribution in [0.4, 0.5) is 5.69 Å². The number of anilines is 1. The molecule has 1 N–H and O–H groups in total. The third-order valence-corrected chi connectivity index (χ3v) is 3.15. The number of carbonyl (C=O) groups excluding carboxylic acids is 1. The van der Waals surface area contributed by atoms with Crippen molar-refractivity contribution in [3.05, 3.63) is 78.4 Å². The molecule has 0 radical (unpaired) electrons. The van der Waals surface area contributed by atoms with Crippen LogP contribution in [0.5, 0.6) is 11.5 Å². The van der Waals surface area contributed by atoms with E-state index in [2.05, 4.69) is 15.3 Å². The molecule has 0 aliphatic heterocycles. The molecule has 0 atom stereocenters. The van der Waals surface area contributed by atoms with Gasteiger partial charge in [0.05, 0.1) is 11.9 Å². The lowest BCUT2D eigenvalue weighted by Crippen LogP contribution is -2.14. The standard InChI is InChI=1S/C18H15N3O2/c1-13-5-4-6-14(11-13)23-17-8-3-2-7-15(17)21-18(22)16-12-19-9-10-20-16/h2-12H,1H3,(H,21,22). The van der Waals surface area contributed by atoms with Crippen LogP contribution in [0.15, 0.2) is 67.1 Å². The van der Waals surface area contributed by atoms with E-state index in [0.29, 0.717) is 17.2 Å². The quantitative estimate of drug-likeness (QED) is 0.795. The second-order valence-corrected chi connectivity index (χ2v) is 4.96. The molecule has 0 aliphatic rings. The average Bonchev–Trinajstić information content (AvgIpc) is 2.57. The second kappa shape index (κ2) is 6.70. The van der Waals surface area contributed by atoms with Gasteiger partial charge in [0, 0.05) is 12.4 Å². The van der Waals surface area contributed by atoms with E-state index in [1.54, 1.807) is 12.1 Å².